The first-order chi connectivity index (χ1) is 7.49. The summed E-state index contributed by atoms with van der Waals surface area (Å²) in [6.45, 7) is 6.48. The minimum Gasteiger partial charge on any atom is -0.349 e. The molecular weight excluding hydrogens is 204 g/mol. The Balaban J connectivity index is 0. The van der Waals surface area contributed by atoms with Crippen molar-refractivity contribution in [3.63, 3.8) is 0 Å². The second-order valence-corrected chi connectivity index (χ2v) is 3.60. The van der Waals surface area contributed by atoms with E-state index in [1.165, 1.54) is 4.90 Å². The first-order valence-corrected chi connectivity index (χ1v) is 5.93. The lowest BCUT2D eigenvalue weighted by molar-refractivity contribution is -0.132. The summed E-state index contributed by atoms with van der Waals surface area (Å²) in [6, 6.07) is 0. The number of hydrogen-bond acceptors (Lipinski definition) is 2. The van der Waals surface area contributed by atoms with Crippen molar-refractivity contribution in [1.82, 2.24) is 9.80 Å². The van der Waals surface area contributed by atoms with Gasteiger partial charge in [-0.15, -0.1) is 0 Å². The minimum atomic E-state index is 0.0566. The molecule has 0 aromatic heterocycles. The number of carbonyl (C=O) groups is 2. The summed E-state index contributed by atoms with van der Waals surface area (Å²) in [5.74, 6) is 0.167. The van der Waals surface area contributed by atoms with Gasteiger partial charge in [-0.05, 0) is 6.42 Å². The highest BCUT2D eigenvalue weighted by Gasteiger charge is 2.10. The molecule has 96 valence electrons. The van der Waals surface area contributed by atoms with Crippen LogP contribution in [0.25, 0.3) is 0 Å². The zero-order valence-corrected chi connectivity index (χ0v) is 11.5. The lowest BCUT2D eigenvalue weighted by Crippen LogP contribution is -2.31. The summed E-state index contributed by atoms with van der Waals surface area (Å²) in [4.78, 5) is 25.7. The normalized spacial score (nSPS) is 8.88. The average Bonchev–Trinajstić information content (AvgIpc) is 2.28. The fraction of sp³-hybridized carbons (Fsp3) is 0.833. The Morgan fingerprint density at radius 1 is 0.938 bits per heavy atom. The van der Waals surface area contributed by atoms with Gasteiger partial charge in [-0.1, -0.05) is 20.8 Å². The van der Waals surface area contributed by atoms with Crippen LogP contribution in [0.1, 0.15) is 40.0 Å². The Morgan fingerprint density at radius 2 is 1.44 bits per heavy atom. The van der Waals surface area contributed by atoms with Gasteiger partial charge in [0, 0.05) is 40.5 Å². The number of hydrogen-bond donors (Lipinski definition) is 0. The summed E-state index contributed by atoms with van der Waals surface area (Å²) >= 11 is 0. The number of amides is 2. The lowest BCUT2D eigenvalue weighted by Gasteiger charge is -2.17. The van der Waals surface area contributed by atoms with E-state index in [9.17, 15) is 9.59 Å². The van der Waals surface area contributed by atoms with Crippen LogP contribution in [0, 0.1) is 0 Å². The Hall–Kier alpha value is -1.06. The largest absolute Gasteiger partial charge is 0.349 e. The smallest absolute Gasteiger partial charge is 0.223 e. The molecule has 0 unspecified atom stereocenters. The standard InChI is InChI=1S/C10H20N2O2.C2H6/c1-5-6-10(14)12(4)8-7-9(13)11(2)3;1-2/h5-8H2,1-4H3;1-2H3. The predicted octanol–water partition coefficient (Wildman–Crippen LogP) is 1.75. The topological polar surface area (TPSA) is 40.6 Å². The van der Waals surface area contributed by atoms with Gasteiger partial charge in [0.2, 0.25) is 11.8 Å². The number of nitrogens with zero attached hydrogens (tertiary/aromatic N) is 2. The van der Waals surface area contributed by atoms with Crippen molar-refractivity contribution < 1.29 is 9.59 Å². The van der Waals surface area contributed by atoms with E-state index in [2.05, 4.69) is 0 Å². The van der Waals surface area contributed by atoms with Crippen LogP contribution in [-0.4, -0.2) is 49.3 Å². The molecule has 16 heavy (non-hydrogen) atoms. The second kappa shape index (κ2) is 10.5. The Bertz CT molecular complexity index is 203. The maximum atomic E-state index is 11.3. The Morgan fingerprint density at radius 3 is 1.81 bits per heavy atom. The molecule has 0 fully saturated rings. The molecule has 0 aliphatic rings. The molecular formula is C12H26N2O2. The quantitative estimate of drug-likeness (QED) is 0.722. The van der Waals surface area contributed by atoms with Gasteiger partial charge in [0.05, 0.1) is 0 Å². The second-order valence-electron chi connectivity index (χ2n) is 3.60. The maximum Gasteiger partial charge on any atom is 0.223 e. The van der Waals surface area contributed by atoms with Crippen molar-refractivity contribution in [2.75, 3.05) is 27.7 Å². The van der Waals surface area contributed by atoms with E-state index in [0.717, 1.165) is 6.42 Å². The summed E-state index contributed by atoms with van der Waals surface area (Å²) < 4.78 is 0. The van der Waals surface area contributed by atoms with Crippen molar-refractivity contribution in [3.8, 4) is 0 Å². The van der Waals surface area contributed by atoms with Crippen LogP contribution in [0.15, 0.2) is 0 Å². The van der Waals surface area contributed by atoms with Gasteiger partial charge >= 0.3 is 0 Å². The first-order valence-electron chi connectivity index (χ1n) is 5.93. The van der Waals surface area contributed by atoms with Crippen molar-refractivity contribution in [2.45, 2.75) is 40.0 Å². The van der Waals surface area contributed by atoms with Crippen LogP contribution >= 0.6 is 0 Å². The van der Waals surface area contributed by atoms with E-state index < -0.39 is 0 Å². The van der Waals surface area contributed by atoms with Crippen molar-refractivity contribution >= 4 is 11.8 Å². The fourth-order valence-corrected chi connectivity index (χ4v) is 1.02. The molecule has 0 heterocycles. The molecule has 2 amide bonds. The summed E-state index contributed by atoms with van der Waals surface area (Å²) in [5.41, 5.74) is 0. The number of rotatable bonds is 5. The highest BCUT2D eigenvalue weighted by molar-refractivity contribution is 5.78. The van der Waals surface area contributed by atoms with Crippen LogP contribution in [0.2, 0.25) is 0 Å². The lowest BCUT2D eigenvalue weighted by atomic mass is 10.3. The highest BCUT2D eigenvalue weighted by atomic mass is 16.2. The van der Waals surface area contributed by atoms with E-state index >= 15 is 0 Å². The molecule has 4 nitrogen and oxygen atoms in total. The van der Waals surface area contributed by atoms with Crippen LogP contribution in [-0.2, 0) is 9.59 Å². The SMILES string of the molecule is CC.CCCC(=O)N(C)CCC(=O)N(C)C. The van der Waals surface area contributed by atoms with E-state index in [0.29, 0.717) is 19.4 Å². The fourth-order valence-electron chi connectivity index (χ4n) is 1.02. The summed E-state index contributed by atoms with van der Waals surface area (Å²) in [6.07, 6.45) is 1.82. The van der Waals surface area contributed by atoms with Crippen LogP contribution in [0.4, 0.5) is 0 Å². The van der Waals surface area contributed by atoms with Gasteiger partial charge in [-0.25, -0.2) is 0 Å². The van der Waals surface area contributed by atoms with Gasteiger partial charge in [0.25, 0.3) is 0 Å². The van der Waals surface area contributed by atoms with E-state index in [1.807, 2.05) is 20.8 Å². The summed E-state index contributed by atoms with van der Waals surface area (Å²) in [7, 11) is 5.17. The van der Waals surface area contributed by atoms with Gasteiger partial charge in [-0.2, -0.15) is 0 Å². The molecule has 0 N–H and O–H groups in total. The molecule has 0 radical (unpaired) electrons. The molecule has 0 aliphatic heterocycles. The molecule has 4 heteroatoms. The van der Waals surface area contributed by atoms with E-state index in [1.54, 1.807) is 26.0 Å². The zero-order valence-electron chi connectivity index (χ0n) is 11.5. The van der Waals surface area contributed by atoms with Gasteiger partial charge in [0.1, 0.15) is 0 Å². The number of carbonyl (C=O) groups excluding carboxylic acids is 2. The molecule has 0 aliphatic carbocycles. The molecule has 0 aromatic carbocycles. The predicted molar refractivity (Wildman–Crippen MR) is 67.2 cm³/mol. The van der Waals surface area contributed by atoms with Crippen molar-refractivity contribution in [2.24, 2.45) is 0 Å². The molecule has 0 atom stereocenters. The first kappa shape index (κ1) is 17.3. The Kier molecular flexibility index (Phi) is 11.3. The third-order valence-electron chi connectivity index (χ3n) is 2.05. The van der Waals surface area contributed by atoms with Crippen LogP contribution < -0.4 is 0 Å². The molecule has 0 aromatic rings. The third-order valence-corrected chi connectivity index (χ3v) is 2.05. The van der Waals surface area contributed by atoms with Crippen LogP contribution in [0.5, 0.6) is 0 Å². The van der Waals surface area contributed by atoms with E-state index in [-0.39, 0.29) is 11.8 Å². The average molecular weight is 230 g/mol. The van der Waals surface area contributed by atoms with Crippen molar-refractivity contribution in [3.05, 3.63) is 0 Å². The Labute approximate surface area is 99.6 Å². The zero-order chi connectivity index (χ0) is 13.1. The maximum absolute atomic E-state index is 11.3. The van der Waals surface area contributed by atoms with Gasteiger partial charge in [0.15, 0.2) is 0 Å². The third kappa shape index (κ3) is 8.26. The van der Waals surface area contributed by atoms with Gasteiger partial charge in [-0.3, -0.25) is 9.59 Å². The van der Waals surface area contributed by atoms with E-state index in [4.69, 9.17) is 0 Å². The molecule has 0 spiro atoms. The molecule has 0 saturated heterocycles. The molecule has 0 saturated carbocycles. The minimum absolute atomic E-state index is 0.0566. The van der Waals surface area contributed by atoms with Crippen LogP contribution in [0.3, 0.4) is 0 Å². The monoisotopic (exact) mass is 230 g/mol. The highest BCUT2D eigenvalue weighted by Crippen LogP contribution is 1.97. The molecule has 0 bridgehead atoms. The van der Waals surface area contributed by atoms with Gasteiger partial charge < -0.3 is 9.80 Å². The van der Waals surface area contributed by atoms with Crippen molar-refractivity contribution in [1.29, 1.82) is 0 Å². The molecule has 0 rings (SSSR count). The summed E-state index contributed by atoms with van der Waals surface area (Å²) in [5, 5.41) is 0.